The van der Waals surface area contributed by atoms with Crippen LogP contribution in [0, 0.1) is 0 Å². The zero-order valence-corrected chi connectivity index (χ0v) is 22.5. The molecular formula is C27H23ClN2O7S. The third-order valence-electron chi connectivity index (χ3n) is 5.50. The van der Waals surface area contributed by atoms with Gasteiger partial charge in [-0.2, -0.15) is 0 Å². The van der Waals surface area contributed by atoms with Gasteiger partial charge in [-0.3, -0.25) is 19.0 Å². The van der Waals surface area contributed by atoms with Crippen LogP contribution in [0.2, 0.25) is 5.02 Å². The Balaban J connectivity index is 1.94. The smallest absolute Gasteiger partial charge is 0.338 e. The van der Waals surface area contributed by atoms with Crippen LogP contribution in [-0.4, -0.2) is 29.1 Å². The van der Waals surface area contributed by atoms with Crippen LogP contribution in [-0.2, 0) is 19.1 Å². The van der Waals surface area contributed by atoms with Crippen LogP contribution in [0.5, 0.6) is 11.5 Å². The lowest BCUT2D eigenvalue weighted by atomic mass is 9.96. The molecule has 1 aromatic heterocycles. The maximum atomic E-state index is 13.8. The monoisotopic (exact) mass is 554 g/mol. The Bertz CT molecular complexity index is 1670. The fraction of sp³-hybridized carbons (Fsp3) is 0.222. The van der Waals surface area contributed by atoms with E-state index in [1.54, 1.807) is 50.3 Å². The minimum Gasteiger partial charge on any atom is -0.463 e. The van der Waals surface area contributed by atoms with Crippen LogP contribution in [0.25, 0.3) is 6.08 Å². The number of carbonyl (C=O) groups excluding carboxylic acids is 3. The molecule has 0 saturated carbocycles. The number of nitrogens with zero attached hydrogens (tertiary/aromatic N) is 2. The summed E-state index contributed by atoms with van der Waals surface area (Å²) in [6.45, 7) is 6.01. The van der Waals surface area contributed by atoms with Gasteiger partial charge in [0.2, 0.25) is 0 Å². The van der Waals surface area contributed by atoms with E-state index in [0.717, 1.165) is 11.3 Å². The highest BCUT2D eigenvalue weighted by Crippen LogP contribution is 2.34. The predicted octanol–water partition coefficient (Wildman–Crippen LogP) is 3.30. The summed E-state index contributed by atoms with van der Waals surface area (Å²) in [5.74, 6) is -1.43. The average molecular weight is 555 g/mol. The van der Waals surface area contributed by atoms with Crippen molar-refractivity contribution < 1.29 is 28.6 Å². The summed E-state index contributed by atoms with van der Waals surface area (Å²) in [7, 11) is 0. The minimum absolute atomic E-state index is 0.105. The number of ether oxygens (including phenoxy) is 3. The second-order valence-electron chi connectivity index (χ2n) is 8.21. The molecule has 11 heteroatoms. The predicted molar refractivity (Wildman–Crippen MR) is 141 cm³/mol. The Morgan fingerprint density at radius 1 is 1.11 bits per heavy atom. The molecule has 0 saturated heterocycles. The van der Waals surface area contributed by atoms with Gasteiger partial charge >= 0.3 is 17.9 Å². The van der Waals surface area contributed by atoms with Gasteiger partial charge in [0.25, 0.3) is 5.56 Å². The third-order valence-corrected chi connectivity index (χ3v) is 6.83. The van der Waals surface area contributed by atoms with Gasteiger partial charge in [-0.05, 0) is 43.7 Å². The van der Waals surface area contributed by atoms with Crippen molar-refractivity contribution in [1.82, 2.24) is 4.57 Å². The van der Waals surface area contributed by atoms with E-state index in [-0.39, 0.29) is 28.2 Å². The van der Waals surface area contributed by atoms with E-state index >= 15 is 0 Å². The molecular weight excluding hydrogens is 532 g/mol. The first-order valence-corrected chi connectivity index (χ1v) is 12.7. The van der Waals surface area contributed by atoms with E-state index in [1.807, 2.05) is 0 Å². The number of hydrogen-bond acceptors (Lipinski definition) is 9. The van der Waals surface area contributed by atoms with Gasteiger partial charge in [0.1, 0.15) is 17.5 Å². The molecule has 0 aliphatic carbocycles. The van der Waals surface area contributed by atoms with Gasteiger partial charge in [-0.1, -0.05) is 41.1 Å². The number of thiazole rings is 1. The first-order chi connectivity index (χ1) is 18.1. The molecule has 0 N–H and O–H groups in total. The SMILES string of the molecule is CCOC(=O)C1=C(C)N=c2s/c(=C/c3ccc(OC(C)=O)cc3OC(C)=O)c(=O)n2C1c1ccccc1Cl. The van der Waals surface area contributed by atoms with Crippen LogP contribution in [0.1, 0.15) is 44.9 Å². The molecule has 1 aliphatic heterocycles. The zero-order chi connectivity index (χ0) is 27.6. The lowest BCUT2D eigenvalue weighted by molar-refractivity contribution is -0.139. The van der Waals surface area contributed by atoms with Gasteiger partial charge in [0.05, 0.1) is 22.4 Å². The Morgan fingerprint density at radius 2 is 1.82 bits per heavy atom. The van der Waals surface area contributed by atoms with Crippen molar-refractivity contribution in [2.45, 2.75) is 33.7 Å². The Kier molecular flexibility index (Phi) is 7.94. The van der Waals surface area contributed by atoms with Gasteiger partial charge in [0.15, 0.2) is 4.80 Å². The van der Waals surface area contributed by atoms with E-state index in [1.165, 1.54) is 30.5 Å². The largest absolute Gasteiger partial charge is 0.463 e. The highest BCUT2D eigenvalue weighted by atomic mass is 35.5. The van der Waals surface area contributed by atoms with Crippen molar-refractivity contribution in [3.63, 3.8) is 0 Å². The Labute approximate surface area is 226 Å². The van der Waals surface area contributed by atoms with E-state index < -0.39 is 29.5 Å². The molecule has 9 nitrogen and oxygen atoms in total. The van der Waals surface area contributed by atoms with Crippen molar-refractivity contribution in [2.24, 2.45) is 4.99 Å². The van der Waals surface area contributed by atoms with Crippen LogP contribution in [0.3, 0.4) is 0 Å². The molecule has 3 aromatic rings. The Hall–Kier alpha value is -4.02. The number of benzene rings is 2. The number of allylic oxidation sites excluding steroid dienone is 1. The summed E-state index contributed by atoms with van der Waals surface area (Å²) in [4.78, 5) is 54.7. The highest BCUT2D eigenvalue weighted by molar-refractivity contribution is 7.07. The molecule has 4 rings (SSSR count). The standard InChI is InChI=1S/C27H23ClN2O7S/c1-5-35-26(34)23-14(2)29-27-30(24(23)19-8-6-7-9-20(19)28)25(33)22(38-27)12-17-10-11-18(36-15(3)31)13-21(17)37-16(4)32/h6-13,24H,5H2,1-4H3/b22-12+. The first-order valence-electron chi connectivity index (χ1n) is 11.6. The summed E-state index contributed by atoms with van der Waals surface area (Å²) in [5, 5.41) is 0.377. The topological polar surface area (TPSA) is 113 Å². The maximum absolute atomic E-state index is 13.8. The normalized spacial score (nSPS) is 15.0. The molecule has 38 heavy (non-hydrogen) atoms. The maximum Gasteiger partial charge on any atom is 0.338 e. The first kappa shape index (κ1) is 27.0. The number of aromatic nitrogens is 1. The second-order valence-corrected chi connectivity index (χ2v) is 9.63. The van der Waals surface area contributed by atoms with Crippen molar-refractivity contribution >= 4 is 46.9 Å². The number of hydrogen-bond donors (Lipinski definition) is 0. The summed E-state index contributed by atoms with van der Waals surface area (Å²) >= 11 is 7.63. The summed E-state index contributed by atoms with van der Waals surface area (Å²) in [6, 6.07) is 10.6. The molecule has 2 heterocycles. The molecule has 0 spiro atoms. The number of halogens is 1. The molecule has 0 fully saturated rings. The Morgan fingerprint density at radius 3 is 2.47 bits per heavy atom. The van der Waals surface area contributed by atoms with Gasteiger partial charge in [-0.25, -0.2) is 9.79 Å². The van der Waals surface area contributed by atoms with Gasteiger partial charge < -0.3 is 14.2 Å². The van der Waals surface area contributed by atoms with Crippen LogP contribution < -0.4 is 24.4 Å². The van der Waals surface area contributed by atoms with Crippen molar-refractivity contribution in [3.8, 4) is 11.5 Å². The number of fused-ring (bicyclic) bond motifs is 1. The molecule has 0 bridgehead atoms. The highest BCUT2D eigenvalue weighted by Gasteiger charge is 2.34. The molecule has 1 atom stereocenters. The van der Waals surface area contributed by atoms with E-state index in [2.05, 4.69) is 4.99 Å². The molecule has 0 radical (unpaired) electrons. The minimum atomic E-state index is -0.861. The van der Waals surface area contributed by atoms with E-state index in [0.29, 0.717) is 26.6 Å². The summed E-state index contributed by atoms with van der Waals surface area (Å²) in [6.07, 6.45) is 1.55. The summed E-state index contributed by atoms with van der Waals surface area (Å²) < 4.78 is 17.4. The second kappa shape index (κ2) is 11.2. The van der Waals surface area contributed by atoms with Crippen LogP contribution >= 0.6 is 22.9 Å². The number of carbonyl (C=O) groups is 3. The number of rotatable bonds is 6. The van der Waals surface area contributed by atoms with Crippen molar-refractivity contribution in [2.75, 3.05) is 6.61 Å². The zero-order valence-electron chi connectivity index (χ0n) is 20.9. The summed E-state index contributed by atoms with van der Waals surface area (Å²) in [5.41, 5.74) is 1.14. The van der Waals surface area contributed by atoms with E-state index in [9.17, 15) is 19.2 Å². The van der Waals surface area contributed by atoms with Gasteiger partial charge in [0, 0.05) is 30.5 Å². The molecule has 2 aromatic carbocycles. The lowest BCUT2D eigenvalue weighted by Crippen LogP contribution is -2.40. The fourth-order valence-corrected chi connectivity index (χ4v) is 5.31. The van der Waals surface area contributed by atoms with Gasteiger partial charge in [-0.15, -0.1) is 0 Å². The molecule has 0 amide bonds. The van der Waals surface area contributed by atoms with Crippen LogP contribution in [0.15, 0.2) is 63.5 Å². The third kappa shape index (κ3) is 5.46. The average Bonchev–Trinajstić information content (AvgIpc) is 3.14. The van der Waals surface area contributed by atoms with E-state index in [4.69, 9.17) is 25.8 Å². The lowest BCUT2D eigenvalue weighted by Gasteiger charge is -2.25. The quantitative estimate of drug-likeness (QED) is 0.339. The number of esters is 3. The fourth-order valence-electron chi connectivity index (χ4n) is 4.03. The van der Waals surface area contributed by atoms with Crippen molar-refractivity contribution in [3.05, 3.63) is 89.6 Å². The molecule has 1 aliphatic rings. The molecule has 196 valence electrons. The molecule has 1 unspecified atom stereocenters. The van der Waals surface area contributed by atoms with Crippen LogP contribution in [0.4, 0.5) is 0 Å². The van der Waals surface area contributed by atoms with Crippen molar-refractivity contribution in [1.29, 1.82) is 0 Å².